The standard InChI is InChI=1S/C12H16O4/c1-5-9-7-12(6-8(9)2,10(13)15-3)11(14)16-4/h5,9H,1-2,6-7H2,3-4H3/i2D. The molecule has 0 N–H and O–H groups in total. The Labute approximate surface area is 96.3 Å². The van der Waals surface area contributed by atoms with Crippen molar-refractivity contribution in [1.29, 1.82) is 0 Å². The molecule has 0 heterocycles. The molecule has 0 aromatic heterocycles. The number of rotatable bonds is 3. The van der Waals surface area contributed by atoms with Crippen LogP contribution in [0.15, 0.2) is 24.8 Å². The van der Waals surface area contributed by atoms with E-state index < -0.39 is 17.4 Å². The number of methoxy groups -OCH3 is 2. The van der Waals surface area contributed by atoms with Crippen LogP contribution in [0.5, 0.6) is 0 Å². The van der Waals surface area contributed by atoms with Crippen LogP contribution >= 0.6 is 0 Å². The first-order chi connectivity index (χ1) is 8.05. The number of carbonyl (C=O) groups is 2. The second-order valence-corrected chi connectivity index (χ2v) is 3.86. The molecule has 1 unspecified atom stereocenters. The minimum absolute atomic E-state index is 0.159. The molecule has 0 spiro atoms. The molecule has 0 bridgehead atoms. The maximum Gasteiger partial charge on any atom is 0.323 e. The summed E-state index contributed by atoms with van der Waals surface area (Å²) < 4.78 is 16.7. The average Bonchev–Trinajstić information content (AvgIpc) is 2.76. The summed E-state index contributed by atoms with van der Waals surface area (Å²) >= 11 is 0. The molecule has 1 fully saturated rings. The summed E-state index contributed by atoms with van der Waals surface area (Å²) in [6, 6.07) is 0. The summed E-state index contributed by atoms with van der Waals surface area (Å²) in [6.07, 6.45) is 2.04. The van der Waals surface area contributed by atoms with Crippen molar-refractivity contribution in [3.63, 3.8) is 0 Å². The highest BCUT2D eigenvalue weighted by Gasteiger charge is 2.54. The highest BCUT2D eigenvalue weighted by Crippen LogP contribution is 2.46. The third kappa shape index (κ3) is 1.75. The van der Waals surface area contributed by atoms with E-state index in [2.05, 4.69) is 16.1 Å². The lowest BCUT2D eigenvalue weighted by atomic mass is 9.85. The Hall–Kier alpha value is -1.58. The molecular weight excluding hydrogens is 208 g/mol. The Morgan fingerprint density at radius 1 is 1.50 bits per heavy atom. The van der Waals surface area contributed by atoms with Crippen molar-refractivity contribution in [3.05, 3.63) is 24.8 Å². The van der Waals surface area contributed by atoms with Crippen molar-refractivity contribution in [2.24, 2.45) is 11.3 Å². The molecule has 0 aromatic rings. The summed E-state index contributed by atoms with van der Waals surface area (Å²) in [5, 5.41) is 0. The monoisotopic (exact) mass is 225 g/mol. The second kappa shape index (κ2) is 4.51. The second-order valence-electron chi connectivity index (χ2n) is 3.86. The smallest absolute Gasteiger partial charge is 0.323 e. The van der Waals surface area contributed by atoms with E-state index in [-0.39, 0.29) is 18.8 Å². The van der Waals surface area contributed by atoms with E-state index in [0.717, 1.165) is 0 Å². The van der Waals surface area contributed by atoms with Gasteiger partial charge in [0.25, 0.3) is 0 Å². The van der Waals surface area contributed by atoms with Crippen LogP contribution in [0, 0.1) is 11.3 Å². The molecule has 0 amide bonds. The van der Waals surface area contributed by atoms with E-state index in [0.29, 0.717) is 5.57 Å². The number of esters is 2. The molecule has 0 radical (unpaired) electrons. The van der Waals surface area contributed by atoms with Crippen LogP contribution in [0.25, 0.3) is 0 Å². The molecule has 1 atom stereocenters. The Morgan fingerprint density at radius 3 is 2.38 bits per heavy atom. The largest absolute Gasteiger partial charge is 0.468 e. The van der Waals surface area contributed by atoms with Crippen LogP contribution in [0.2, 0.25) is 0 Å². The van der Waals surface area contributed by atoms with Crippen LogP contribution < -0.4 is 0 Å². The summed E-state index contributed by atoms with van der Waals surface area (Å²) in [7, 11) is 2.47. The number of hydrogen-bond acceptors (Lipinski definition) is 4. The van der Waals surface area contributed by atoms with Gasteiger partial charge in [-0.05, 0) is 18.8 Å². The number of hydrogen-bond donors (Lipinski definition) is 0. The molecular formula is C12H16O4. The zero-order valence-corrected chi connectivity index (χ0v) is 9.49. The molecule has 1 saturated carbocycles. The summed E-state index contributed by atoms with van der Waals surface area (Å²) in [5.41, 5.74) is -0.634. The maximum atomic E-state index is 11.8. The fraction of sp³-hybridized carbons (Fsp3) is 0.500. The van der Waals surface area contributed by atoms with E-state index in [1.165, 1.54) is 20.8 Å². The van der Waals surface area contributed by atoms with Gasteiger partial charge in [0.15, 0.2) is 5.41 Å². The van der Waals surface area contributed by atoms with Crippen LogP contribution in [0.3, 0.4) is 0 Å². The van der Waals surface area contributed by atoms with Crippen LogP contribution in [0.1, 0.15) is 14.2 Å². The fourth-order valence-corrected chi connectivity index (χ4v) is 2.08. The molecule has 0 aromatic carbocycles. The van der Waals surface area contributed by atoms with Gasteiger partial charge in [-0.3, -0.25) is 9.59 Å². The van der Waals surface area contributed by atoms with Crippen molar-refractivity contribution in [2.45, 2.75) is 12.8 Å². The third-order valence-corrected chi connectivity index (χ3v) is 2.99. The molecule has 1 rings (SSSR count). The molecule has 1 aliphatic carbocycles. The van der Waals surface area contributed by atoms with Crippen molar-refractivity contribution in [3.8, 4) is 0 Å². The predicted octanol–water partition coefficient (Wildman–Crippen LogP) is 1.47. The summed E-state index contributed by atoms with van der Waals surface area (Å²) in [4.78, 5) is 23.6. The number of carbonyl (C=O) groups excluding carboxylic acids is 2. The molecule has 88 valence electrons. The van der Waals surface area contributed by atoms with Crippen molar-refractivity contribution in [1.82, 2.24) is 0 Å². The van der Waals surface area contributed by atoms with Crippen LogP contribution in [-0.4, -0.2) is 26.2 Å². The maximum absolute atomic E-state index is 11.8. The lowest BCUT2D eigenvalue weighted by Gasteiger charge is -2.22. The normalized spacial score (nSPS) is 26.0. The fourth-order valence-electron chi connectivity index (χ4n) is 2.08. The van der Waals surface area contributed by atoms with Crippen molar-refractivity contribution >= 4 is 11.9 Å². The van der Waals surface area contributed by atoms with Gasteiger partial charge in [-0.1, -0.05) is 18.2 Å². The Morgan fingerprint density at radius 2 is 2.06 bits per heavy atom. The highest BCUT2D eigenvalue weighted by atomic mass is 16.5. The average molecular weight is 225 g/mol. The first-order valence-electron chi connectivity index (χ1n) is 5.50. The quantitative estimate of drug-likeness (QED) is 0.414. The number of allylic oxidation sites excluding steroid dienone is 2. The minimum atomic E-state index is -1.32. The number of ether oxygens (including phenoxy) is 2. The van der Waals surface area contributed by atoms with Gasteiger partial charge in [0.05, 0.1) is 15.6 Å². The topological polar surface area (TPSA) is 52.6 Å². The van der Waals surface area contributed by atoms with Gasteiger partial charge in [0, 0.05) is 0 Å². The van der Waals surface area contributed by atoms with Gasteiger partial charge in [-0.2, -0.15) is 0 Å². The van der Waals surface area contributed by atoms with Crippen molar-refractivity contribution < 1.29 is 20.4 Å². The van der Waals surface area contributed by atoms with E-state index >= 15 is 0 Å². The summed E-state index contributed by atoms with van der Waals surface area (Å²) in [5.74, 6) is -1.40. The Balaban J connectivity index is 3.16. The molecule has 4 heteroatoms. The molecule has 0 saturated heterocycles. The highest BCUT2D eigenvalue weighted by molar-refractivity contribution is 6.01. The van der Waals surface area contributed by atoms with Gasteiger partial charge in [-0.25, -0.2) is 0 Å². The first-order valence-corrected chi connectivity index (χ1v) is 4.92. The first kappa shape index (κ1) is 10.9. The van der Waals surface area contributed by atoms with Gasteiger partial charge >= 0.3 is 11.9 Å². The zero-order valence-electron chi connectivity index (χ0n) is 10.5. The van der Waals surface area contributed by atoms with Crippen LogP contribution in [0.4, 0.5) is 0 Å². The predicted molar refractivity (Wildman–Crippen MR) is 58.5 cm³/mol. The van der Waals surface area contributed by atoms with E-state index in [1.54, 1.807) is 6.08 Å². The van der Waals surface area contributed by atoms with E-state index in [4.69, 9.17) is 1.37 Å². The van der Waals surface area contributed by atoms with E-state index in [1.807, 2.05) is 0 Å². The van der Waals surface area contributed by atoms with Gasteiger partial charge in [0.1, 0.15) is 0 Å². The molecule has 1 aliphatic rings. The van der Waals surface area contributed by atoms with Crippen molar-refractivity contribution in [2.75, 3.05) is 14.2 Å². The molecule has 4 nitrogen and oxygen atoms in total. The Kier molecular flexibility index (Phi) is 3.08. The van der Waals surface area contributed by atoms with Crippen LogP contribution in [-0.2, 0) is 19.1 Å². The minimum Gasteiger partial charge on any atom is -0.468 e. The zero-order chi connectivity index (χ0) is 13.1. The summed E-state index contributed by atoms with van der Waals surface area (Å²) in [6.45, 7) is 4.82. The molecule has 16 heavy (non-hydrogen) atoms. The van der Waals surface area contributed by atoms with Gasteiger partial charge < -0.3 is 9.47 Å². The van der Waals surface area contributed by atoms with Gasteiger partial charge in [0.2, 0.25) is 0 Å². The Bertz CT molecular complexity index is 357. The third-order valence-electron chi connectivity index (χ3n) is 2.99. The SMILES string of the molecule is [2H]C=C1CC(C(=O)OC)(C(=O)OC)CC1C=C. The lowest BCUT2D eigenvalue weighted by Crippen LogP contribution is -2.39. The lowest BCUT2D eigenvalue weighted by molar-refractivity contribution is -0.168. The molecule has 0 aliphatic heterocycles. The van der Waals surface area contributed by atoms with E-state index in [9.17, 15) is 9.59 Å². The van der Waals surface area contributed by atoms with Gasteiger partial charge in [-0.15, -0.1) is 6.58 Å².